The van der Waals surface area contributed by atoms with Gasteiger partial charge in [-0.05, 0) is 53.2 Å². The van der Waals surface area contributed by atoms with E-state index in [1.165, 1.54) is 0 Å². The van der Waals surface area contributed by atoms with Gasteiger partial charge in [-0.15, -0.1) is 0 Å². The summed E-state index contributed by atoms with van der Waals surface area (Å²) in [6, 6.07) is 11.4. The first kappa shape index (κ1) is 15.5. The predicted molar refractivity (Wildman–Crippen MR) is 85.0 cm³/mol. The molecule has 5 heteroatoms. The highest BCUT2D eigenvalue weighted by atomic mass is 79.9. The monoisotopic (exact) mass is 355 g/mol. The number of furan rings is 1. The van der Waals surface area contributed by atoms with Gasteiger partial charge in [0.1, 0.15) is 11.5 Å². The maximum absolute atomic E-state index is 12.3. The third-order valence-corrected chi connectivity index (χ3v) is 5.15. The molecule has 20 heavy (non-hydrogen) atoms. The van der Waals surface area contributed by atoms with E-state index in [1.807, 2.05) is 36.4 Å². The van der Waals surface area contributed by atoms with Gasteiger partial charge in [-0.3, -0.25) is 4.21 Å². The van der Waals surface area contributed by atoms with Gasteiger partial charge in [-0.25, -0.2) is 0 Å². The van der Waals surface area contributed by atoms with Gasteiger partial charge in [-0.2, -0.15) is 0 Å². The molecule has 0 aliphatic carbocycles. The van der Waals surface area contributed by atoms with Crippen molar-refractivity contribution in [2.24, 2.45) is 0 Å². The van der Waals surface area contributed by atoms with E-state index in [1.54, 1.807) is 0 Å². The zero-order chi connectivity index (χ0) is 14.4. The SMILES string of the molecule is CCCNCc1ccc(CS(=O)c2ccccc2Br)o1. The third-order valence-electron chi connectivity index (χ3n) is 2.80. The van der Waals surface area contributed by atoms with Crippen LogP contribution in [0.1, 0.15) is 24.9 Å². The quantitative estimate of drug-likeness (QED) is 0.767. The van der Waals surface area contributed by atoms with Crippen molar-refractivity contribution >= 4 is 26.7 Å². The predicted octanol–water partition coefficient (Wildman–Crippen LogP) is 3.85. The molecule has 0 radical (unpaired) electrons. The van der Waals surface area contributed by atoms with E-state index in [0.717, 1.165) is 40.4 Å². The molecule has 108 valence electrons. The molecule has 0 saturated carbocycles. The second-order valence-electron chi connectivity index (χ2n) is 4.47. The van der Waals surface area contributed by atoms with Crippen LogP contribution in [0, 0.1) is 0 Å². The molecule has 0 aliphatic rings. The minimum Gasteiger partial charge on any atom is -0.464 e. The Kier molecular flexibility index (Phi) is 6.01. The van der Waals surface area contributed by atoms with Crippen molar-refractivity contribution in [3.05, 3.63) is 52.4 Å². The summed E-state index contributed by atoms with van der Waals surface area (Å²) in [5, 5.41) is 3.28. The van der Waals surface area contributed by atoms with Crippen LogP contribution in [0.25, 0.3) is 0 Å². The molecular weight excluding hydrogens is 338 g/mol. The Morgan fingerprint density at radius 1 is 1.20 bits per heavy atom. The molecule has 2 aromatic rings. The molecule has 3 nitrogen and oxygen atoms in total. The van der Waals surface area contributed by atoms with Crippen molar-refractivity contribution in [3.8, 4) is 0 Å². The molecule has 0 fully saturated rings. The Morgan fingerprint density at radius 3 is 2.70 bits per heavy atom. The summed E-state index contributed by atoms with van der Waals surface area (Å²) in [5.74, 6) is 2.04. The van der Waals surface area contributed by atoms with E-state index < -0.39 is 10.8 Å². The number of rotatable bonds is 7. The molecule has 2 rings (SSSR count). The molecule has 0 amide bonds. The molecular formula is C15H18BrNO2S. The average Bonchev–Trinajstić information content (AvgIpc) is 2.87. The molecule has 0 bridgehead atoms. The van der Waals surface area contributed by atoms with Crippen molar-refractivity contribution in [3.63, 3.8) is 0 Å². The van der Waals surface area contributed by atoms with Crippen molar-refractivity contribution in [1.29, 1.82) is 0 Å². The zero-order valence-corrected chi connectivity index (χ0v) is 13.8. The molecule has 0 spiro atoms. The summed E-state index contributed by atoms with van der Waals surface area (Å²) in [4.78, 5) is 0.801. The van der Waals surface area contributed by atoms with Crippen LogP contribution < -0.4 is 5.32 Å². The lowest BCUT2D eigenvalue weighted by molar-refractivity contribution is 0.458. The number of halogens is 1. The van der Waals surface area contributed by atoms with Crippen LogP contribution in [-0.2, 0) is 23.1 Å². The first-order valence-electron chi connectivity index (χ1n) is 6.62. The zero-order valence-electron chi connectivity index (χ0n) is 11.4. The van der Waals surface area contributed by atoms with Crippen LogP contribution in [0.3, 0.4) is 0 Å². The lowest BCUT2D eigenvalue weighted by Crippen LogP contribution is -2.13. The van der Waals surface area contributed by atoms with Crippen LogP contribution in [0.4, 0.5) is 0 Å². The maximum Gasteiger partial charge on any atom is 0.118 e. The normalized spacial score (nSPS) is 12.5. The fourth-order valence-corrected chi connectivity index (χ4v) is 3.73. The maximum atomic E-state index is 12.3. The van der Waals surface area contributed by atoms with Gasteiger partial charge in [0.2, 0.25) is 0 Å². The van der Waals surface area contributed by atoms with E-state index in [2.05, 4.69) is 28.2 Å². The van der Waals surface area contributed by atoms with Gasteiger partial charge < -0.3 is 9.73 Å². The van der Waals surface area contributed by atoms with Crippen LogP contribution in [0.2, 0.25) is 0 Å². The fraction of sp³-hybridized carbons (Fsp3) is 0.333. The molecule has 0 aliphatic heterocycles. The standard InChI is InChI=1S/C15H18BrNO2S/c1-2-9-17-10-12-7-8-13(19-12)11-20(18)15-6-4-3-5-14(15)16/h3-8,17H,2,9-11H2,1H3. The highest BCUT2D eigenvalue weighted by molar-refractivity contribution is 9.10. The number of benzene rings is 1. The van der Waals surface area contributed by atoms with E-state index >= 15 is 0 Å². The van der Waals surface area contributed by atoms with Crippen molar-refractivity contribution in [2.45, 2.75) is 30.5 Å². The molecule has 1 unspecified atom stereocenters. The Morgan fingerprint density at radius 2 is 1.95 bits per heavy atom. The smallest absolute Gasteiger partial charge is 0.118 e. The van der Waals surface area contributed by atoms with Crippen LogP contribution in [0.5, 0.6) is 0 Å². The van der Waals surface area contributed by atoms with E-state index in [-0.39, 0.29) is 0 Å². The minimum atomic E-state index is -1.10. The third kappa shape index (κ3) is 4.30. The molecule has 1 aromatic heterocycles. The highest BCUT2D eigenvalue weighted by Gasteiger charge is 2.11. The van der Waals surface area contributed by atoms with Crippen LogP contribution >= 0.6 is 15.9 Å². The Hall–Kier alpha value is -0.910. The van der Waals surface area contributed by atoms with E-state index in [4.69, 9.17) is 4.42 Å². The van der Waals surface area contributed by atoms with Crippen molar-refractivity contribution < 1.29 is 8.63 Å². The fourth-order valence-electron chi connectivity index (χ4n) is 1.82. The van der Waals surface area contributed by atoms with Crippen molar-refractivity contribution in [1.82, 2.24) is 5.32 Å². The summed E-state index contributed by atoms with van der Waals surface area (Å²) >= 11 is 3.42. The number of hydrogen-bond donors (Lipinski definition) is 1. The summed E-state index contributed by atoms with van der Waals surface area (Å²) in [6.45, 7) is 3.82. The van der Waals surface area contributed by atoms with Gasteiger partial charge in [0.15, 0.2) is 0 Å². The van der Waals surface area contributed by atoms with Crippen LogP contribution in [0.15, 0.2) is 50.2 Å². The Balaban J connectivity index is 1.97. The average molecular weight is 356 g/mol. The van der Waals surface area contributed by atoms with Crippen LogP contribution in [-0.4, -0.2) is 10.8 Å². The van der Waals surface area contributed by atoms with Crippen molar-refractivity contribution in [2.75, 3.05) is 6.54 Å². The Bertz CT molecular complexity index is 583. The molecule has 1 atom stereocenters. The summed E-state index contributed by atoms with van der Waals surface area (Å²) in [7, 11) is -1.10. The minimum absolute atomic E-state index is 0.399. The topological polar surface area (TPSA) is 42.2 Å². The largest absolute Gasteiger partial charge is 0.464 e. The van der Waals surface area contributed by atoms with Gasteiger partial charge in [0.05, 0.1) is 28.0 Å². The summed E-state index contributed by atoms with van der Waals surface area (Å²) < 4.78 is 18.9. The molecule has 1 heterocycles. The van der Waals surface area contributed by atoms with Gasteiger partial charge in [0.25, 0.3) is 0 Å². The van der Waals surface area contributed by atoms with E-state index in [9.17, 15) is 4.21 Å². The first-order valence-corrected chi connectivity index (χ1v) is 8.73. The van der Waals surface area contributed by atoms with Gasteiger partial charge >= 0.3 is 0 Å². The van der Waals surface area contributed by atoms with E-state index in [0.29, 0.717) is 5.75 Å². The first-order chi connectivity index (χ1) is 9.70. The second-order valence-corrected chi connectivity index (χ2v) is 6.74. The molecule has 1 aromatic carbocycles. The van der Waals surface area contributed by atoms with Gasteiger partial charge in [-0.1, -0.05) is 19.1 Å². The summed E-state index contributed by atoms with van der Waals surface area (Å²) in [6.07, 6.45) is 1.10. The number of hydrogen-bond acceptors (Lipinski definition) is 3. The molecule has 0 saturated heterocycles. The second kappa shape index (κ2) is 7.76. The highest BCUT2D eigenvalue weighted by Crippen LogP contribution is 2.22. The lowest BCUT2D eigenvalue weighted by atomic mass is 10.4. The lowest BCUT2D eigenvalue weighted by Gasteiger charge is -2.03. The summed E-state index contributed by atoms with van der Waals surface area (Å²) in [5.41, 5.74) is 0. The Labute approximate surface area is 130 Å². The molecule has 1 N–H and O–H groups in total. The van der Waals surface area contributed by atoms with Gasteiger partial charge in [0, 0.05) is 4.47 Å². The number of nitrogens with one attached hydrogen (secondary N) is 1.